The maximum atomic E-state index is 13.8. The van der Waals surface area contributed by atoms with Crippen LogP contribution >= 0.6 is 0 Å². The van der Waals surface area contributed by atoms with Gasteiger partial charge in [0.25, 0.3) is 0 Å². The zero-order valence-corrected chi connectivity index (χ0v) is 23.1. The van der Waals surface area contributed by atoms with Gasteiger partial charge in [0.2, 0.25) is 11.2 Å². The summed E-state index contributed by atoms with van der Waals surface area (Å²) in [6.45, 7) is 2.64. The summed E-state index contributed by atoms with van der Waals surface area (Å²) in [6, 6.07) is 6.45. The van der Waals surface area contributed by atoms with Crippen molar-refractivity contribution in [3.8, 4) is 34.3 Å². The summed E-state index contributed by atoms with van der Waals surface area (Å²) in [5.74, 6) is -2.95. The highest BCUT2D eigenvalue weighted by atomic mass is 16.7. The number of hydrogen-bond donors (Lipinski definition) is 9. The molecule has 5 rings (SSSR count). The van der Waals surface area contributed by atoms with Crippen molar-refractivity contribution in [2.75, 3.05) is 6.61 Å². The largest absolute Gasteiger partial charge is 0.508 e. The molecule has 1 aliphatic heterocycles. The first-order valence-corrected chi connectivity index (χ1v) is 13.6. The zero-order valence-electron chi connectivity index (χ0n) is 23.1. The Morgan fingerprint density at radius 1 is 0.884 bits per heavy atom. The van der Waals surface area contributed by atoms with E-state index in [0.29, 0.717) is 5.56 Å². The van der Waals surface area contributed by atoms with Crippen LogP contribution in [0.25, 0.3) is 22.3 Å². The van der Waals surface area contributed by atoms with Crippen molar-refractivity contribution in [2.45, 2.75) is 75.4 Å². The van der Waals surface area contributed by atoms with Crippen LogP contribution in [0.2, 0.25) is 0 Å². The van der Waals surface area contributed by atoms with Crippen LogP contribution in [0, 0.1) is 12.8 Å². The van der Waals surface area contributed by atoms with Crippen molar-refractivity contribution in [2.24, 2.45) is 5.92 Å². The molecule has 0 radical (unpaired) electrons. The molecule has 234 valence electrons. The summed E-state index contributed by atoms with van der Waals surface area (Å²) in [5, 5.41) is 92.7. The fourth-order valence-electron chi connectivity index (χ4n) is 5.42. The molecule has 43 heavy (non-hydrogen) atoms. The van der Waals surface area contributed by atoms with Crippen molar-refractivity contribution >= 4 is 11.0 Å². The molecule has 3 aromatic rings. The predicted octanol–water partition coefficient (Wildman–Crippen LogP) is -0.421. The lowest BCUT2D eigenvalue weighted by atomic mass is 9.80. The molecule has 2 fully saturated rings. The van der Waals surface area contributed by atoms with Crippen LogP contribution in [0.4, 0.5) is 0 Å². The van der Waals surface area contributed by atoms with Crippen molar-refractivity contribution in [3.63, 3.8) is 0 Å². The summed E-state index contributed by atoms with van der Waals surface area (Å²) in [7, 11) is 0. The van der Waals surface area contributed by atoms with Gasteiger partial charge in [0.15, 0.2) is 12.1 Å². The Morgan fingerprint density at radius 2 is 1.60 bits per heavy atom. The highest BCUT2D eigenvalue weighted by molar-refractivity contribution is 5.88. The Labute approximate surface area is 244 Å². The number of phenols is 3. The van der Waals surface area contributed by atoms with Gasteiger partial charge in [-0.3, -0.25) is 4.79 Å². The van der Waals surface area contributed by atoms with E-state index in [1.165, 1.54) is 19.1 Å². The molecule has 2 heterocycles. The van der Waals surface area contributed by atoms with Gasteiger partial charge in [0.1, 0.15) is 58.7 Å². The number of fused-ring (bicyclic) bond motifs is 1. The van der Waals surface area contributed by atoms with E-state index in [1.54, 1.807) is 13.0 Å². The molecule has 14 heteroatoms. The van der Waals surface area contributed by atoms with E-state index in [0.717, 1.165) is 12.1 Å². The SMILES string of the molecule is Cc1ccc(-c2oc3cc(O)cc(O)c3c(=O)c2OC2CC(O)C(O)C(O)C2COC2OC(C)C(O)C(O)C2O)cc1O. The minimum atomic E-state index is -1.66. The maximum Gasteiger partial charge on any atom is 0.239 e. The molecule has 9 N–H and O–H groups in total. The number of aliphatic hydroxyl groups is 6. The molecule has 2 aromatic carbocycles. The van der Waals surface area contributed by atoms with Gasteiger partial charge in [-0.15, -0.1) is 0 Å². The molecule has 10 unspecified atom stereocenters. The lowest BCUT2D eigenvalue weighted by Crippen LogP contribution is -2.59. The minimum absolute atomic E-state index is 0.129. The lowest BCUT2D eigenvalue weighted by molar-refractivity contribution is -0.300. The highest BCUT2D eigenvalue weighted by Crippen LogP contribution is 2.39. The van der Waals surface area contributed by atoms with Crippen molar-refractivity contribution in [3.05, 3.63) is 46.1 Å². The van der Waals surface area contributed by atoms with E-state index in [9.17, 15) is 50.8 Å². The Morgan fingerprint density at radius 3 is 2.30 bits per heavy atom. The van der Waals surface area contributed by atoms with Crippen LogP contribution in [0.5, 0.6) is 23.0 Å². The van der Waals surface area contributed by atoms with E-state index in [2.05, 4.69) is 0 Å². The summed E-state index contributed by atoms with van der Waals surface area (Å²) >= 11 is 0. The first-order valence-electron chi connectivity index (χ1n) is 13.6. The molecule has 2 aliphatic rings. The molecule has 1 saturated carbocycles. The fourth-order valence-corrected chi connectivity index (χ4v) is 5.42. The van der Waals surface area contributed by atoms with E-state index < -0.39 is 84.6 Å². The summed E-state index contributed by atoms with van der Waals surface area (Å²) < 4.78 is 23.1. The van der Waals surface area contributed by atoms with E-state index in [4.69, 9.17) is 18.6 Å². The molecule has 0 amide bonds. The number of aryl methyl sites for hydroxylation is 1. The predicted molar refractivity (Wildman–Crippen MR) is 147 cm³/mol. The normalized spacial score (nSPS) is 33.0. The Balaban J connectivity index is 1.55. The molecule has 1 aromatic heterocycles. The second-order valence-corrected chi connectivity index (χ2v) is 11.0. The number of phenolic OH excluding ortho intramolecular Hbond substituents is 3. The number of aliphatic hydroxyl groups excluding tert-OH is 6. The van der Waals surface area contributed by atoms with Crippen LogP contribution in [0.3, 0.4) is 0 Å². The van der Waals surface area contributed by atoms with E-state index in [-0.39, 0.29) is 40.2 Å². The second kappa shape index (κ2) is 11.9. The van der Waals surface area contributed by atoms with Gasteiger partial charge in [-0.2, -0.15) is 0 Å². The van der Waals surface area contributed by atoms with Crippen LogP contribution < -0.4 is 10.2 Å². The third-order valence-electron chi connectivity index (χ3n) is 8.05. The molecule has 0 bridgehead atoms. The maximum absolute atomic E-state index is 13.8. The van der Waals surface area contributed by atoms with Crippen LogP contribution in [-0.2, 0) is 9.47 Å². The number of rotatable bonds is 6. The number of ether oxygens (including phenoxy) is 3. The number of aromatic hydroxyl groups is 3. The number of hydrogen-bond acceptors (Lipinski definition) is 14. The highest BCUT2D eigenvalue weighted by Gasteiger charge is 2.47. The average Bonchev–Trinajstić information content (AvgIpc) is 2.95. The minimum Gasteiger partial charge on any atom is -0.508 e. The summed E-state index contributed by atoms with van der Waals surface area (Å²) in [6.07, 6.45) is -13.3. The first-order chi connectivity index (χ1) is 20.3. The molecular weight excluding hydrogens is 572 g/mol. The van der Waals surface area contributed by atoms with Crippen molar-refractivity contribution < 1.29 is 64.6 Å². The lowest BCUT2D eigenvalue weighted by Gasteiger charge is -2.43. The third kappa shape index (κ3) is 5.75. The monoisotopic (exact) mass is 606 g/mol. The molecule has 14 nitrogen and oxygen atoms in total. The van der Waals surface area contributed by atoms with Crippen LogP contribution in [-0.4, -0.2) is 108 Å². The average molecular weight is 607 g/mol. The van der Waals surface area contributed by atoms with Gasteiger partial charge in [-0.1, -0.05) is 12.1 Å². The van der Waals surface area contributed by atoms with Gasteiger partial charge >= 0.3 is 0 Å². The smallest absolute Gasteiger partial charge is 0.239 e. The van der Waals surface area contributed by atoms with Crippen molar-refractivity contribution in [1.29, 1.82) is 0 Å². The molecule has 1 saturated heterocycles. The quantitative estimate of drug-likeness (QED) is 0.173. The Hall–Kier alpha value is -3.47. The van der Waals surface area contributed by atoms with E-state index in [1.807, 2.05) is 0 Å². The number of benzene rings is 2. The van der Waals surface area contributed by atoms with Crippen molar-refractivity contribution in [1.82, 2.24) is 0 Å². The topological polar surface area (TPSA) is 240 Å². The Bertz CT molecular complexity index is 1540. The van der Waals surface area contributed by atoms with Gasteiger partial charge in [0, 0.05) is 30.0 Å². The van der Waals surface area contributed by atoms with Crippen LogP contribution in [0.1, 0.15) is 18.9 Å². The van der Waals surface area contributed by atoms with Gasteiger partial charge in [-0.05, 0) is 25.5 Å². The summed E-state index contributed by atoms with van der Waals surface area (Å²) in [5.41, 5.74) is -0.360. The zero-order chi connectivity index (χ0) is 31.3. The van der Waals surface area contributed by atoms with E-state index >= 15 is 0 Å². The third-order valence-corrected chi connectivity index (χ3v) is 8.05. The van der Waals surface area contributed by atoms with Crippen LogP contribution in [0.15, 0.2) is 39.5 Å². The molecule has 10 atom stereocenters. The fraction of sp³-hybridized carbons (Fsp3) is 0.483. The molecule has 1 aliphatic carbocycles. The van der Waals surface area contributed by atoms with Gasteiger partial charge < -0.3 is 64.6 Å². The first kappa shape index (κ1) is 31.0. The Kier molecular flexibility index (Phi) is 8.57. The second-order valence-electron chi connectivity index (χ2n) is 11.0. The van der Waals surface area contributed by atoms with Gasteiger partial charge in [0.05, 0.1) is 24.9 Å². The van der Waals surface area contributed by atoms with Gasteiger partial charge in [-0.25, -0.2) is 0 Å². The molecular formula is C29H34O14. The standard InChI is InChI=1S/C29H34O14/c1-10-3-4-12(5-15(10)31)27-28(24(37)20-16(32)6-13(30)7-19(20)43-27)42-18-8-17(33)23(36)22(35)14(18)9-40-29-26(39)25(38)21(34)11(2)41-29/h3-7,11,14,17-18,21-23,25-26,29-36,38-39H,8-9H2,1-2H3. The molecule has 0 spiro atoms. The summed E-state index contributed by atoms with van der Waals surface area (Å²) in [4.78, 5) is 13.8.